The lowest BCUT2D eigenvalue weighted by Gasteiger charge is -2.03. The van der Waals surface area contributed by atoms with Crippen LogP contribution in [0.5, 0.6) is 0 Å². The van der Waals surface area contributed by atoms with Crippen molar-refractivity contribution < 1.29 is 4.79 Å². The average Bonchev–Trinajstić information content (AvgIpc) is 2.69. The highest BCUT2D eigenvalue weighted by Crippen LogP contribution is 2.07. The number of Topliss-reactive ketones (excluding diaryl/α,β-unsaturated/α-hetero) is 1. The second-order valence-corrected chi connectivity index (χ2v) is 3.79. The molecule has 84 valence electrons. The molecule has 2 heterocycles. The molecule has 5 heteroatoms. The number of carbonyl (C=O) groups excluding carboxylic acids is 1. The Kier molecular flexibility index (Phi) is 2.70. The van der Waals surface area contributed by atoms with Gasteiger partial charge in [0, 0.05) is 18.5 Å². The number of hydrogen-bond donors (Lipinski definition) is 1. The zero-order chi connectivity index (χ0) is 11.7. The van der Waals surface area contributed by atoms with Crippen LogP contribution in [0.1, 0.15) is 29.9 Å². The summed E-state index contributed by atoms with van der Waals surface area (Å²) in [6.07, 6.45) is 4.06. The van der Waals surface area contributed by atoms with Crippen molar-refractivity contribution in [1.82, 2.24) is 14.6 Å². The Labute approximate surface area is 93.3 Å². The normalized spacial score (nSPS) is 12.9. The van der Waals surface area contributed by atoms with Crippen LogP contribution >= 0.6 is 0 Å². The molecule has 0 amide bonds. The lowest BCUT2D eigenvalue weighted by Crippen LogP contribution is -2.27. The van der Waals surface area contributed by atoms with Crippen LogP contribution in [0.15, 0.2) is 18.5 Å². The van der Waals surface area contributed by atoms with E-state index in [0.717, 1.165) is 17.8 Å². The van der Waals surface area contributed by atoms with Crippen LogP contribution < -0.4 is 5.73 Å². The summed E-state index contributed by atoms with van der Waals surface area (Å²) >= 11 is 0. The van der Waals surface area contributed by atoms with Crippen molar-refractivity contribution in [1.29, 1.82) is 0 Å². The minimum absolute atomic E-state index is 0.122. The fourth-order valence-electron chi connectivity index (χ4n) is 1.49. The van der Waals surface area contributed by atoms with E-state index in [4.69, 9.17) is 5.73 Å². The molecule has 0 spiro atoms. The summed E-state index contributed by atoms with van der Waals surface area (Å²) in [5.41, 5.74) is 7.73. The number of aryl methyl sites for hydroxylation is 1. The van der Waals surface area contributed by atoms with Gasteiger partial charge in [0.2, 0.25) is 0 Å². The molecule has 2 rings (SSSR count). The third kappa shape index (κ3) is 1.81. The molecule has 1 atom stereocenters. The molecule has 2 aromatic rings. The van der Waals surface area contributed by atoms with Crippen LogP contribution in [0.4, 0.5) is 0 Å². The molecule has 0 aromatic carbocycles. The lowest BCUT2D eigenvalue weighted by atomic mass is 10.1. The second kappa shape index (κ2) is 4.02. The van der Waals surface area contributed by atoms with E-state index in [1.54, 1.807) is 23.8 Å². The van der Waals surface area contributed by atoms with Crippen LogP contribution in [0.25, 0.3) is 5.65 Å². The summed E-state index contributed by atoms with van der Waals surface area (Å²) in [6.45, 7) is 3.68. The summed E-state index contributed by atoms with van der Waals surface area (Å²) in [7, 11) is 0. The first kappa shape index (κ1) is 10.8. The zero-order valence-electron chi connectivity index (χ0n) is 9.34. The number of fused-ring (bicyclic) bond motifs is 1. The fraction of sp³-hybridized carbons (Fsp3) is 0.364. The van der Waals surface area contributed by atoms with Gasteiger partial charge in [-0.3, -0.25) is 4.79 Å². The lowest BCUT2D eigenvalue weighted by molar-refractivity contribution is 0.0967. The summed E-state index contributed by atoms with van der Waals surface area (Å²) < 4.78 is 1.62. The number of hydrogen-bond acceptors (Lipinski definition) is 4. The van der Waals surface area contributed by atoms with Gasteiger partial charge in [-0.1, -0.05) is 6.92 Å². The van der Waals surface area contributed by atoms with E-state index in [-0.39, 0.29) is 5.78 Å². The first-order chi connectivity index (χ1) is 7.61. The van der Waals surface area contributed by atoms with Crippen LogP contribution in [-0.2, 0) is 6.42 Å². The summed E-state index contributed by atoms with van der Waals surface area (Å²) in [5, 5.41) is 4.29. The average molecular weight is 218 g/mol. The maximum atomic E-state index is 11.7. The monoisotopic (exact) mass is 218 g/mol. The molecule has 1 unspecified atom stereocenters. The molecule has 0 saturated heterocycles. The van der Waals surface area contributed by atoms with Crippen molar-refractivity contribution >= 4 is 11.4 Å². The Morgan fingerprint density at radius 3 is 3.00 bits per heavy atom. The van der Waals surface area contributed by atoms with E-state index in [2.05, 4.69) is 10.1 Å². The van der Waals surface area contributed by atoms with Crippen LogP contribution in [-0.4, -0.2) is 26.4 Å². The molecule has 0 fully saturated rings. The Bertz CT molecular complexity index is 530. The van der Waals surface area contributed by atoms with Gasteiger partial charge in [0.1, 0.15) is 0 Å². The highest BCUT2D eigenvalue weighted by atomic mass is 16.1. The second-order valence-electron chi connectivity index (χ2n) is 3.79. The van der Waals surface area contributed by atoms with E-state index >= 15 is 0 Å². The van der Waals surface area contributed by atoms with Crippen molar-refractivity contribution in [3.8, 4) is 0 Å². The molecule has 0 radical (unpaired) electrons. The van der Waals surface area contributed by atoms with Crippen LogP contribution in [0, 0.1) is 0 Å². The first-order valence-corrected chi connectivity index (χ1v) is 5.26. The van der Waals surface area contributed by atoms with Gasteiger partial charge in [-0.05, 0) is 13.3 Å². The quantitative estimate of drug-likeness (QED) is 0.774. The summed E-state index contributed by atoms with van der Waals surface area (Å²) in [6, 6.07) is 1.39. The number of aromatic nitrogens is 3. The summed E-state index contributed by atoms with van der Waals surface area (Å²) in [4.78, 5) is 15.8. The van der Waals surface area contributed by atoms with Crippen LogP contribution in [0.2, 0.25) is 0 Å². The number of nitrogens with two attached hydrogens (primary N) is 1. The molecular weight excluding hydrogens is 204 g/mol. The Morgan fingerprint density at radius 1 is 1.62 bits per heavy atom. The van der Waals surface area contributed by atoms with Gasteiger partial charge in [0.05, 0.1) is 17.3 Å². The maximum absolute atomic E-state index is 11.7. The van der Waals surface area contributed by atoms with E-state index < -0.39 is 6.04 Å². The third-order valence-corrected chi connectivity index (χ3v) is 2.42. The molecule has 2 N–H and O–H groups in total. The van der Waals surface area contributed by atoms with Gasteiger partial charge >= 0.3 is 0 Å². The van der Waals surface area contributed by atoms with Gasteiger partial charge in [0.25, 0.3) is 0 Å². The smallest absolute Gasteiger partial charge is 0.182 e. The number of nitrogens with zero attached hydrogens (tertiary/aromatic N) is 3. The molecular formula is C11H14N4O. The van der Waals surface area contributed by atoms with Crippen molar-refractivity contribution in [2.75, 3.05) is 0 Å². The molecule has 0 bridgehead atoms. The largest absolute Gasteiger partial charge is 0.321 e. The Balaban J connectivity index is 2.47. The van der Waals surface area contributed by atoms with Crippen LogP contribution in [0.3, 0.4) is 0 Å². The van der Waals surface area contributed by atoms with Gasteiger partial charge < -0.3 is 5.73 Å². The predicted octanol–water partition coefficient (Wildman–Crippen LogP) is 0.822. The minimum Gasteiger partial charge on any atom is -0.321 e. The highest BCUT2D eigenvalue weighted by Gasteiger charge is 2.12. The number of ketones is 1. The van der Waals surface area contributed by atoms with Gasteiger partial charge in [-0.2, -0.15) is 5.10 Å². The molecule has 0 aliphatic heterocycles. The van der Waals surface area contributed by atoms with Crippen molar-refractivity contribution in [3.05, 3.63) is 29.7 Å². The molecule has 5 nitrogen and oxygen atoms in total. The van der Waals surface area contributed by atoms with Crippen molar-refractivity contribution in [2.45, 2.75) is 26.3 Å². The van der Waals surface area contributed by atoms with Crippen molar-refractivity contribution in [2.24, 2.45) is 5.73 Å². The molecule has 16 heavy (non-hydrogen) atoms. The number of carbonyl (C=O) groups is 1. The number of rotatable bonds is 3. The van der Waals surface area contributed by atoms with E-state index in [1.165, 1.54) is 0 Å². The fourth-order valence-corrected chi connectivity index (χ4v) is 1.49. The minimum atomic E-state index is -0.513. The topological polar surface area (TPSA) is 73.3 Å². The Morgan fingerprint density at radius 2 is 2.38 bits per heavy atom. The standard InChI is InChI=1S/C11H14N4O/c1-3-9-4-10-13-5-8(6-15(10)14-9)11(16)7(2)12/h4-7H,3,12H2,1-2H3. The van der Waals surface area contributed by atoms with Crippen molar-refractivity contribution in [3.63, 3.8) is 0 Å². The SMILES string of the molecule is CCc1cc2ncc(C(=O)C(C)N)cn2n1. The molecule has 0 aliphatic carbocycles. The predicted molar refractivity (Wildman–Crippen MR) is 60.3 cm³/mol. The zero-order valence-corrected chi connectivity index (χ0v) is 9.34. The maximum Gasteiger partial charge on any atom is 0.182 e. The molecule has 0 aliphatic rings. The van der Waals surface area contributed by atoms with Gasteiger partial charge in [0.15, 0.2) is 11.4 Å². The van der Waals surface area contributed by atoms with Gasteiger partial charge in [-0.25, -0.2) is 9.50 Å². The molecule has 2 aromatic heterocycles. The van der Waals surface area contributed by atoms with E-state index in [0.29, 0.717) is 5.56 Å². The van der Waals surface area contributed by atoms with Gasteiger partial charge in [-0.15, -0.1) is 0 Å². The van der Waals surface area contributed by atoms with E-state index in [9.17, 15) is 4.79 Å². The third-order valence-electron chi connectivity index (χ3n) is 2.42. The molecule has 0 saturated carbocycles. The Hall–Kier alpha value is -1.75. The van der Waals surface area contributed by atoms with E-state index in [1.807, 2.05) is 13.0 Å². The highest BCUT2D eigenvalue weighted by molar-refractivity contribution is 5.99. The first-order valence-electron chi connectivity index (χ1n) is 5.26. The summed E-state index contributed by atoms with van der Waals surface area (Å²) in [5.74, 6) is -0.122.